The molecule has 1 fully saturated rings. The first-order chi connectivity index (χ1) is 6.15. The number of hydrogen-bond donors (Lipinski definition) is 0. The number of halogens is 1. The van der Waals surface area contributed by atoms with Crippen LogP contribution < -0.4 is 0 Å². The van der Waals surface area contributed by atoms with E-state index in [1.165, 1.54) is 25.7 Å². The lowest BCUT2D eigenvalue weighted by Gasteiger charge is -2.33. The molecule has 78 valence electrons. The van der Waals surface area contributed by atoms with E-state index in [0.29, 0.717) is 11.8 Å². The predicted molar refractivity (Wildman–Crippen MR) is 55.5 cm³/mol. The van der Waals surface area contributed by atoms with Crippen LogP contribution in [0.25, 0.3) is 0 Å². The molecule has 0 aromatic carbocycles. The van der Waals surface area contributed by atoms with E-state index in [1.54, 1.807) is 6.92 Å². The summed E-state index contributed by atoms with van der Waals surface area (Å²) in [6, 6.07) is 0. The Labute approximate surface area is 81.9 Å². The standard InChI is InChI=1S/C12H23F/c1-4-12(10(3)13)11-7-5-9(2)6-8-11/h9-12H,4-8H2,1-3H3. The lowest BCUT2D eigenvalue weighted by molar-refractivity contribution is 0.128. The molecule has 0 radical (unpaired) electrons. The molecule has 0 nitrogen and oxygen atoms in total. The van der Waals surface area contributed by atoms with E-state index in [1.807, 2.05) is 0 Å². The highest BCUT2D eigenvalue weighted by Gasteiger charge is 2.28. The molecule has 1 aliphatic rings. The van der Waals surface area contributed by atoms with Crippen LogP contribution in [0.3, 0.4) is 0 Å². The molecule has 0 aromatic heterocycles. The summed E-state index contributed by atoms with van der Waals surface area (Å²) >= 11 is 0. The Morgan fingerprint density at radius 3 is 2.15 bits per heavy atom. The Bertz CT molecular complexity index is 134. The highest BCUT2D eigenvalue weighted by molar-refractivity contribution is 4.78. The van der Waals surface area contributed by atoms with E-state index in [4.69, 9.17) is 0 Å². The molecule has 1 rings (SSSR count). The molecule has 13 heavy (non-hydrogen) atoms. The average molecular weight is 186 g/mol. The summed E-state index contributed by atoms with van der Waals surface area (Å²) in [4.78, 5) is 0. The van der Waals surface area contributed by atoms with E-state index in [9.17, 15) is 4.39 Å². The molecule has 1 aliphatic carbocycles. The molecule has 1 saturated carbocycles. The lowest BCUT2D eigenvalue weighted by Crippen LogP contribution is -2.26. The fourth-order valence-electron chi connectivity index (χ4n) is 2.75. The zero-order valence-electron chi connectivity index (χ0n) is 9.22. The molecule has 0 spiro atoms. The molecule has 0 saturated heterocycles. The van der Waals surface area contributed by atoms with Crippen molar-refractivity contribution < 1.29 is 4.39 Å². The van der Waals surface area contributed by atoms with Gasteiger partial charge in [0.25, 0.3) is 0 Å². The minimum atomic E-state index is -0.608. The SMILES string of the molecule is CCC(C(C)F)C1CCC(C)CC1. The number of hydrogen-bond acceptors (Lipinski definition) is 0. The van der Waals surface area contributed by atoms with Gasteiger partial charge in [0.2, 0.25) is 0 Å². The third-order valence-corrected chi connectivity index (χ3v) is 3.73. The van der Waals surface area contributed by atoms with E-state index in [0.717, 1.165) is 12.3 Å². The maximum atomic E-state index is 13.2. The van der Waals surface area contributed by atoms with Crippen molar-refractivity contribution in [2.75, 3.05) is 0 Å². The predicted octanol–water partition coefficient (Wildman–Crippen LogP) is 4.20. The number of rotatable bonds is 3. The van der Waals surface area contributed by atoms with Gasteiger partial charge in [-0.3, -0.25) is 0 Å². The average Bonchev–Trinajstić information content (AvgIpc) is 2.09. The van der Waals surface area contributed by atoms with Gasteiger partial charge in [-0.05, 0) is 37.5 Å². The molecule has 0 aromatic rings. The van der Waals surface area contributed by atoms with Crippen LogP contribution in [0.5, 0.6) is 0 Å². The monoisotopic (exact) mass is 186 g/mol. The van der Waals surface area contributed by atoms with Gasteiger partial charge in [-0.15, -0.1) is 0 Å². The second-order valence-electron chi connectivity index (χ2n) is 4.77. The molecule has 0 bridgehead atoms. The maximum absolute atomic E-state index is 13.2. The van der Waals surface area contributed by atoms with Crippen molar-refractivity contribution in [1.82, 2.24) is 0 Å². The van der Waals surface area contributed by atoms with Crippen molar-refractivity contribution in [3.63, 3.8) is 0 Å². The fraction of sp³-hybridized carbons (Fsp3) is 1.00. The summed E-state index contributed by atoms with van der Waals surface area (Å²) in [5.41, 5.74) is 0. The van der Waals surface area contributed by atoms with Crippen molar-refractivity contribution in [3.05, 3.63) is 0 Å². The molecule has 2 unspecified atom stereocenters. The second-order valence-corrected chi connectivity index (χ2v) is 4.77. The minimum Gasteiger partial charge on any atom is -0.247 e. The van der Waals surface area contributed by atoms with Crippen LogP contribution in [0.15, 0.2) is 0 Å². The van der Waals surface area contributed by atoms with Crippen molar-refractivity contribution in [1.29, 1.82) is 0 Å². The Kier molecular flexibility index (Phi) is 4.21. The van der Waals surface area contributed by atoms with E-state index in [2.05, 4.69) is 13.8 Å². The first-order valence-electron chi connectivity index (χ1n) is 5.79. The summed E-state index contributed by atoms with van der Waals surface area (Å²) in [6.45, 7) is 6.17. The van der Waals surface area contributed by atoms with Crippen molar-refractivity contribution in [3.8, 4) is 0 Å². The Morgan fingerprint density at radius 1 is 1.23 bits per heavy atom. The van der Waals surface area contributed by atoms with Crippen LogP contribution in [-0.2, 0) is 0 Å². The first kappa shape index (κ1) is 11.0. The quantitative estimate of drug-likeness (QED) is 0.619. The smallest absolute Gasteiger partial charge is 0.100 e. The van der Waals surface area contributed by atoms with Crippen molar-refractivity contribution in [2.45, 2.75) is 59.0 Å². The Morgan fingerprint density at radius 2 is 1.77 bits per heavy atom. The van der Waals surface area contributed by atoms with E-state index in [-0.39, 0.29) is 0 Å². The first-order valence-corrected chi connectivity index (χ1v) is 5.79. The van der Waals surface area contributed by atoms with Gasteiger partial charge in [0.15, 0.2) is 0 Å². The van der Waals surface area contributed by atoms with Gasteiger partial charge in [-0.1, -0.05) is 33.1 Å². The van der Waals surface area contributed by atoms with Crippen LogP contribution in [0.4, 0.5) is 4.39 Å². The summed E-state index contributed by atoms with van der Waals surface area (Å²) in [6.07, 6.45) is 5.55. The van der Waals surface area contributed by atoms with Crippen LogP contribution in [0.1, 0.15) is 52.9 Å². The fourth-order valence-corrected chi connectivity index (χ4v) is 2.75. The summed E-state index contributed by atoms with van der Waals surface area (Å²) in [7, 11) is 0. The summed E-state index contributed by atoms with van der Waals surface area (Å²) < 4.78 is 13.2. The Hall–Kier alpha value is -0.0700. The van der Waals surface area contributed by atoms with Gasteiger partial charge < -0.3 is 0 Å². The van der Waals surface area contributed by atoms with Crippen LogP contribution in [0, 0.1) is 17.8 Å². The summed E-state index contributed by atoms with van der Waals surface area (Å²) in [5.74, 6) is 1.87. The van der Waals surface area contributed by atoms with Crippen LogP contribution >= 0.6 is 0 Å². The van der Waals surface area contributed by atoms with Gasteiger partial charge in [-0.2, -0.15) is 0 Å². The van der Waals surface area contributed by atoms with Gasteiger partial charge in [0.1, 0.15) is 6.17 Å². The third kappa shape index (κ3) is 2.96. The van der Waals surface area contributed by atoms with Crippen molar-refractivity contribution >= 4 is 0 Å². The topological polar surface area (TPSA) is 0 Å². The van der Waals surface area contributed by atoms with E-state index >= 15 is 0 Å². The zero-order valence-corrected chi connectivity index (χ0v) is 9.22. The molecular weight excluding hydrogens is 163 g/mol. The van der Waals surface area contributed by atoms with Gasteiger partial charge in [0.05, 0.1) is 0 Å². The second kappa shape index (κ2) is 4.97. The highest BCUT2D eigenvalue weighted by Crippen LogP contribution is 2.36. The normalized spacial score (nSPS) is 34.2. The lowest BCUT2D eigenvalue weighted by atomic mass is 9.74. The molecule has 0 amide bonds. The zero-order chi connectivity index (χ0) is 9.84. The van der Waals surface area contributed by atoms with Gasteiger partial charge >= 0.3 is 0 Å². The summed E-state index contributed by atoms with van der Waals surface area (Å²) in [5, 5.41) is 0. The molecular formula is C12H23F. The molecule has 0 N–H and O–H groups in total. The molecule has 2 atom stereocenters. The Balaban J connectivity index is 2.41. The van der Waals surface area contributed by atoms with Gasteiger partial charge in [0, 0.05) is 0 Å². The highest BCUT2D eigenvalue weighted by atomic mass is 19.1. The minimum absolute atomic E-state index is 0.326. The van der Waals surface area contributed by atoms with Gasteiger partial charge in [-0.25, -0.2) is 4.39 Å². The largest absolute Gasteiger partial charge is 0.247 e. The third-order valence-electron chi connectivity index (χ3n) is 3.73. The van der Waals surface area contributed by atoms with Crippen LogP contribution in [0.2, 0.25) is 0 Å². The molecule has 1 heteroatoms. The number of alkyl halides is 1. The molecule has 0 aliphatic heterocycles. The van der Waals surface area contributed by atoms with E-state index < -0.39 is 6.17 Å². The molecule has 0 heterocycles. The van der Waals surface area contributed by atoms with Crippen molar-refractivity contribution in [2.24, 2.45) is 17.8 Å². The maximum Gasteiger partial charge on any atom is 0.100 e. The van der Waals surface area contributed by atoms with Crippen LogP contribution in [-0.4, -0.2) is 6.17 Å².